The Balaban J connectivity index is 2.32. The first-order valence-electron chi connectivity index (χ1n) is 5.71. The minimum Gasteiger partial charge on any atom is -0.305 e. The number of pyridine rings is 1. The van der Waals surface area contributed by atoms with Crippen molar-refractivity contribution in [2.45, 2.75) is 13.0 Å². The van der Waals surface area contributed by atoms with Gasteiger partial charge >= 0.3 is 0 Å². The van der Waals surface area contributed by atoms with Gasteiger partial charge in [0, 0.05) is 0 Å². The number of hydrogen-bond acceptors (Lipinski definition) is 2. The van der Waals surface area contributed by atoms with Gasteiger partial charge in [0.15, 0.2) is 0 Å². The van der Waals surface area contributed by atoms with Crippen molar-refractivity contribution in [2.24, 2.45) is 0 Å². The van der Waals surface area contributed by atoms with E-state index >= 15 is 0 Å². The molecule has 0 fully saturated rings. The molecular formula is C14H15FN2. The molecule has 0 aliphatic carbocycles. The van der Waals surface area contributed by atoms with Crippen molar-refractivity contribution in [3.63, 3.8) is 0 Å². The van der Waals surface area contributed by atoms with Crippen molar-refractivity contribution < 1.29 is 4.39 Å². The van der Waals surface area contributed by atoms with Crippen LogP contribution in [-0.4, -0.2) is 11.5 Å². The SMILES string of the molecule is CCNC(c1ccccc1)c1ccc(F)cn1. The van der Waals surface area contributed by atoms with E-state index in [0.29, 0.717) is 0 Å². The highest BCUT2D eigenvalue weighted by Gasteiger charge is 2.13. The van der Waals surface area contributed by atoms with Gasteiger partial charge in [-0.05, 0) is 24.2 Å². The molecule has 0 bridgehead atoms. The van der Waals surface area contributed by atoms with Crippen LogP contribution in [0.2, 0.25) is 0 Å². The first-order valence-corrected chi connectivity index (χ1v) is 5.71. The van der Waals surface area contributed by atoms with Gasteiger partial charge in [0.1, 0.15) is 5.82 Å². The zero-order valence-electron chi connectivity index (χ0n) is 9.73. The van der Waals surface area contributed by atoms with Crippen LogP contribution in [0.3, 0.4) is 0 Å². The Morgan fingerprint density at radius 2 is 1.94 bits per heavy atom. The third-order valence-corrected chi connectivity index (χ3v) is 2.59. The number of nitrogens with zero attached hydrogens (tertiary/aromatic N) is 1. The third kappa shape index (κ3) is 2.88. The highest BCUT2D eigenvalue weighted by Crippen LogP contribution is 2.19. The quantitative estimate of drug-likeness (QED) is 0.873. The van der Waals surface area contributed by atoms with Gasteiger partial charge in [0.2, 0.25) is 0 Å². The fourth-order valence-electron chi connectivity index (χ4n) is 1.80. The smallest absolute Gasteiger partial charge is 0.141 e. The Labute approximate surface area is 101 Å². The molecular weight excluding hydrogens is 215 g/mol. The summed E-state index contributed by atoms with van der Waals surface area (Å²) in [5.41, 5.74) is 1.97. The van der Waals surface area contributed by atoms with E-state index in [1.807, 2.05) is 37.3 Å². The summed E-state index contributed by atoms with van der Waals surface area (Å²) < 4.78 is 12.9. The maximum Gasteiger partial charge on any atom is 0.141 e. The third-order valence-electron chi connectivity index (χ3n) is 2.59. The van der Waals surface area contributed by atoms with E-state index in [1.54, 1.807) is 6.07 Å². The Bertz CT molecular complexity index is 453. The predicted molar refractivity (Wildman–Crippen MR) is 66.2 cm³/mol. The molecule has 1 aromatic carbocycles. The highest BCUT2D eigenvalue weighted by atomic mass is 19.1. The van der Waals surface area contributed by atoms with E-state index in [0.717, 1.165) is 17.8 Å². The maximum atomic E-state index is 12.9. The van der Waals surface area contributed by atoms with Crippen molar-refractivity contribution in [3.8, 4) is 0 Å². The zero-order chi connectivity index (χ0) is 12.1. The molecule has 1 unspecified atom stereocenters. The lowest BCUT2D eigenvalue weighted by Crippen LogP contribution is -2.22. The summed E-state index contributed by atoms with van der Waals surface area (Å²) in [7, 11) is 0. The molecule has 0 amide bonds. The Morgan fingerprint density at radius 1 is 1.18 bits per heavy atom. The average Bonchev–Trinajstić information content (AvgIpc) is 2.38. The summed E-state index contributed by atoms with van der Waals surface area (Å²) in [6.45, 7) is 2.87. The topological polar surface area (TPSA) is 24.9 Å². The molecule has 17 heavy (non-hydrogen) atoms. The van der Waals surface area contributed by atoms with Gasteiger partial charge in [0.05, 0.1) is 17.9 Å². The second-order valence-electron chi connectivity index (χ2n) is 3.80. The molecule has 1 aromatic heterocycles. The van der Waals surface area contributed by atoms with E-state index in [9.17, 15) is 4.39 Å². The molecule has 0 radical (unpaired) electrons. The molecule has 3 heteroatoms. The second kappa shape index (κ2) is 5.55. The van der Waals surface area contributed by atoms with Crippen LogP contribution in [0, 0.1) is 5.82 Å². The normalized spacial score (nSPS) is 12.4. The fourth-order valence-corrected chi connectivity index (χ4v) is 1.80. The van der Waals surface area contributed by atoms with Crippen LogP contribution < -0.4 is 5.32 Å². The second-order valence-corrected chi connectivity index (χ2v) is 3.80. The van der Waals surface area contributed by atoms with E-state index in [2.05, 4.69) is 10.3 Å². The van der Waals surface area contributed by atoms with Gasteiger partial charge in [0.25, 0.3) is 0 Å². The zero-order valence-corrected chi connectivity index (χ0v) is 9.73. The van der Waals surface area contributed by atoms with E-state index in [1.165, 1.54) is 12.3 Å². The van der Waals surface area contributed by atoms with Crippen molar-refractivity contribution >= 4 is 0 Å². The molecule has 0 aliphatic heterocycles. The Hall–Kier alpha value is -1.74. The summed E-state index contributed by atoms with van der Waals surface area (Å²) in [6.07, 6.45) is 1.25. The van der Waals surface area contributed by atoms with Crippen LogP contribution in [0.1, 0.15) is 24.2 Å². The minimum atomic E-state index is -0.308. The van der Waals surface area contributed by atoms with Crippen LogP contribution in [0.4, 0.5) is 4.39 Å². The van der Waals surface area contributed by atoms with Crippen LogP contribution >= 0.6 is 0 Å². The summed E-state index contributed by atoms with van der Waals surface area (Å²) in [6, 6.07) is 13.2. The summed E-state index contributed by atoms with van der Waals surface area (Å²) in [5.74, 6) is -0.308. The predicted octanol–water partition coefficient (Wildman–Crippen LogP) is 2.92. The highest BCUT2D eigenvalue weighted by molar-refractivity contribution is 5.27. The standard InChI is InChI=1S/C14H15FN2/c1-2-16-14(11-6-4-3-5-7-11)13-9-8-12(15)10-17-13/h3-10,14,16H,2H2,1H3. The van der Waals surface area contributed by atoms with Gasteiger partial charge in [-0.15, -0.1) is 0 Å². The molecule has 2 rings (SSSR count). The first kappa shape index (κ1) is 11.7. The lowest BCUT2D eigenvalue weighted by atomic mass is 10.0. The summed E-state index contributed by atoms with van der Waals surface area (Å²) >= 11 is 0. The van der Waals surface area contributed by atoms with Crippen LogP contribution in [0.5, 0.6) is 0 Å². The molecule has 0 saturated carbocycles. The van der Waals surface area contributed by atoms with E-state index < -0.39 is 0 Å². The van der Waals surface area contributed by atoms with Gasteiger partial charge in [-0.1, -0.05) is 37.3 Å². The lowest BCUT2D eigenvalue weighted by Gasteiger charge is -2.17. The molecule has 2 aromatic rings. The number of halogens is 1. The average molecular weight is 230 g/mol. The largest absolute Gasteiger partial charge is 0.305 e. The van der Waals surface area contributed by atoms with Gasteiger partial charge in [-0.3, -0.25) is 4.98 Å². The van der Waals surface area contributed by atoms with E-state index in [-0.39, 0.29) is 11.9 Å². The van der Waals surface area contributed by atoms with E-state index in [4.69, 9.17) is 0 Å². The molecule has 0 saturated heterocycles. The number of benzene rings is 1. The first-order chi connectivity index (χ1) is 8.31. The number of aromatic nitrogens is 1. The molecule has 88 valence electrons. The van der Waals surface area contributed by atoms with Crippen molar-refractivity contribution in [2.75, 3.05) is 6.54 Å². The van der Waals surface area contributed by atoms with Gasteiger partial charge in [-0.2, -0.15) is 0 Å². The van der Waals surface area contributed by atoms with Crippen molar-refractivity contribution in [1.29, 1.82) is 0 Å². The molecule has 1 atom stereocenters. The monoisotopic (exact) mass is 230 g/mol. The number of hydrogen-bond donors (Lipinski definition) is 1. The molecule has 1 N–H and O–H groups in total. The minimum absolute atomic E-state index is 0.0156. The van der Waals surface area contributed by atoms with Crippen LogP contribution in [-0.2, 0) is 0 Å². The molecule has 0 spiro atoms. The maximum absolute atomic E-state index is 12.9. The molecule has 0 aliphatic rings. The van der Waals surface area contributed by atoms with Crippen LogP contribution in [0.15, 0.2) is 48.7 Å². The summed E-state index contributed by atoms with van der Waals surface area (Å²) in [4.78, 5) is 4.14. The Morgan fingerprint density at radius 3 is 2.53 bits per heavy atom. The van der Waals surface area contributed by atoms with Crippen LogP contribution in [0.25, 0.3) is 0 Å². The lowest BCUT2D eigenvalue weighted by molar-refractivity contribution is 0.594. The fraction of sp³-hybridized carbons (Fsp3) is 0.214. The number of rotatable bonds is 4. The Kier molecular flexibility index (Phi) is 3.83. The van der Waals surface area contributed by atoms with Gasteiger partial charge in [-0.25, -0.2) is 4.39 Å². The van der Waals surface area contributed by atoms with Gasteiger partial charge < -0.3 is 5.32 Å². The molecule has 1 heterocycles. The summed E-state index contributed by atoms with van der Waals surface area (Å²) in [5, 5.41) is 3.35. The molecule has 2 nitrogen and oxygen atoms in total. The van der Waals surface area contributed by atoms with Crippen molar-refractivity contribution in [3.05, 3.63) is 65.7 Å². The van der Waals surface area contributed by atoms with Crippen molar-refractivity contribution in [1.82, 2.24) is 10.3 Å². The number of nitrogens with one attached hydrogen (secondary N) is 1.